The van der Waals surface area contributed by atoms with Gasteiger partial charge in [0.2, 0.25) is 5.65 Å². The number of hydrogen-bond acceptors (Lipinski definition) is 3. The molecular weight excluding hydrogens is 334 g/mol. The molecular formula is C17H9ClF2N4. The smallest absolute Gasteiger partial charge is 0.204 e. The molecule has 0 spiro atoms. The second kappa shape index (κ2) is 5.65. The van der Waals surface area contributed by atoms with Crippen LogP contribution in [0.5, 0.6) is 0 Å². The summed E-state index contributed by atoms with van der Waals surface area (Å²) in [6.07, 6.45) is 0. The van der Waals surface area contributed by atoms with Gasteiger partial charge in [-0.2, -0.15) is 5.10 Å². The maximum Gasteiger partial charge on any atom is 0.204 e. The van der Waals surface area contributed by atoms with Crippen LogP contribution < -0.4 is 0 Å². The summed E-state index contributed by atoms with van der Waals surface area (Å²) in [4.78, 5) is 0. The highest BCUT2D eigenvalue weighted by Crippen LogP contribution is 2.36. The molecule has 0 saturated heterocycles. The molecule has 4 rings (SSSR count). The number of H-pyrrole nitrogens is 1. The molecule has 0 atom stereocenters. The number of nitrogens with one attached hydrogen (secondary N) is 1. The molecule has 7 heteroatoms. The van der Waals surface area contributed by atoms with E-state index in [-0.39, 0.29) is 0 Å². The number of aromatic amines is 1. The van der Waals surface area contributed by atoms with Crippen LogP contribution in [0.1, 0.15) is 0 Å². The number of aromatic nitrogens is 4. The van der Waals surface area contributed by atoms with Crippen molar-refractivity contribution in [2.75, 3.05) is 0 Å². The van der Waals surface area contributed by atoms with Gasteiger partial charge in [0.05, 0.1) is 16.1 Å². The van der Waals surface area contributed by atoms with E-state index in [1.807, 2.05) is 30.3 Å². The quantitative estimate of drug-likeness (QED) is 0.578. The van der Waals surface area contributed by atoms with Gasteiger partial charge in [0, 0.05) is 11.1 Å². The third-order valence-corrected chi connectivity index (χ3v) is 4.04. The number of nitrogens with zero attached hydrogens (tertiary/aromatic N) is 3. The Labute approximate surface area is 140 Å². The van der Waals surface area contributed by atoms with Crippen molar-refractivity contribution in [3.8, 4) is 22.5 Å². The Bertz CT molecular complexity index is 1050. The Morgan fingerprint density at radius 1 is 0.875 bits per heavy atom. The first kappa shape index (κ1) is 14.7. The van der Waals surface area contributed by atoms with E-state index < -0.39 is 11.6 Å². The molecule has 2 aromatic heterocycles. The molecule has 0 aliphatic heterocycles. The molecule has 0 fully saturated rings. The fourth-order valence-corrected chi connectivity index (χ4v) is 2.84. The van der Waals surface area contributed by atoms with E-state index in [0.717, 1.165) is 17.7 Å². The van der Waals surface area contributed by atoms with Gasteiger partial charge in [0.25, 0.3) is 0 Å². The summed E-state index contributed by atoms with van der Waals surface area (Å²) in [5, 5.41) is 15.8. The largest absolute Gasteiger partial charge is 0.275 e. The van der Waals surface area contributed by atoms with Crippen LogP contribution in [0.2, 0.25) is 5.02 Å². The van der Waals surface area contributed by atoms with Gasteiger partial charge in [-0.25, -0.2) is 8.78 Å². The minimum atomic E-state index is -0.948. The van der Waals surface area contributed by atoms with Crippen molar-refractivity contribution in [2.24, 2.45) is 0 Å². The zero-order valence-corrected chi connectivity index (χ0v) is 12.9. The fourth-order valence-electron chi connectivity index (χ4n) is 2.51. The number of hydrogen-bond donors (Lipinski definition) is 1. The molecule has 0 aliphatic rings. The van der Waals surface area contributed by atoms with Crippen molar-refractivity contribution in [2.45, 2.75) is 0 Å². The second-order valence-electron chi connectivity index (χ2n) is 5.15. The van der Waals surface area contributed by atoms with Crippen molar-refractivity contribution in [1.82, 2.24) is 20.4 Å². The Morgan fingerprint density at radius 2 is 1.67 bits per heavy atom. The number of benzene rings is 2. The van der Waals surface area contributed by atoms with Crippen LogP contribution in [0.15, 0.2) is 48.5 Å². The molecule has 2 aromatic carbocycles. The maximum atomic E-state index is 13.5. The molecule has 0 radical (unpaired) electrons. The van der Waals surface area contributed by atoms with Gasteiger partial charge in [-0.3, -0.25) is 5.10 Å². The van der Waals surface area contributed by atoms with Gasteiger partial charge in [-0.1, -0.05) is 41.9 Å². The van der Waals surface area contributed by atoms with E-state index in [1.54, 1.807) is 0 Å². The summed E-state index contributed by atoms with van der Waals surface area (Å²) in [6, 6.07) is 12.9. The summed E-state index contributed by atoms with van der Waals surface area (Å²) >= 11 is 6.51. The number of rotatable bonds is 2. The third-order valence-electron chi connectivity index (χ3n) is 3.67. The Hall–Kier alpha value is -2.86. The van der Waals surface area contributed by atoms with Crippen LogP contribution in [0.3, 0.4) is 0 Å². The standard InChI is InChI=1S/C17H9ClF2N4/c18-14-13-15(10-6-7-11(19)12(20)8-10)21-23-17(13)24-22-16(14)9-4-2-1-3-5-9/h1-8H,(H,21,23,24). The lowest BCUT2D eigenvalue weighted by Gasteiger charge is -2.05. The average Bonchev–Trinajstić information content (AvgIpc) is 3.03. The van der Waals surface area contributed by atoms with E-state index in [9.17, 15) is 8.78 Å². The fraction of sp³-hybridized carbons (Fsp3) is 0. The molecule has 0 aliphatic carbocycles. The first-order valence-electron chi connectivity index (χ1n) is 7.06. The van der Waals surface area contributed by atoms with Crippen molar-refractivity contribution in [3.63, 3.8) is 0 Å². The van der Waals surface area contributed by atoms with E-state index in [2.05, 4.69) is 20.4 Å². The monoisotopic (exact) mass is 342 g/mol. The van der Waals surface area contributed by atoms with Gasteiger partial charge < -0.3 is 0 Å². The Kier molecular flexibility index (Phi) is 3.46. The predicted octanol–water partition coefficient (Wildman–Crippen LogP) is 4.62. The van der Waals surface area contributed by atoms with Gasteiger partial charge in [-0.05, 0) is 18.2 Å². The molecule has 4 aromatic rings. The van der Waals surface area contributed by atoms with Gasteiger partial charge >= 0.3 is 0 Å². The van der Waals surface area contributed by atoms with E-state index in [0.29, 0.717) is 33.0 Å². The van der Waals surface area contributed by atoms with Gasteiger partial charge in [0.1, 0.15) is 5.69 Å². The molecule has 4 nitrogen and oxygen atoms in total. The predicted molar refractivity (Wildman–Crippen MR) is 87.5 cm³/mol. The lowest BCUT2D eigenvalue weighted by molar-refractivity contribution is 0.509. The number of fused-ring (bicyclic) bond motifs is 1. The molecule has 0 unspecified atom stereocenters. The van der Waals surface area contributed by atoms with Gasteiger partial charge in [-0.15, -0.1) is 10.2 Å². The van der Waals surface area contributed by atoms with Crippen molar-refractivity contribution >= 4 is 22.6 Å². The van der Waals surface area contributed by atoms with E-state index in [1.165, 1.54) is 6.07 Å². The first-order chi connectivity index (χ1) is 11.6. The first-order valence-corrected chi connectivity index (χ1v) is 7.44. The third kappa shape index (κ3) is 2.32. The van der Waals surface area contributed by atoms with Crippen LogP contribution >= 0.6 is 11.6 Å². The zero-order chi connectivity index (χ0) is 16.7. The summed E-state index contributed by atoms with van der Waals surface area (Å²) in [5.41, 5.74) is 2.48. The molecule has 118 valence electrons. The van der Waals surface area contributed by atoms with Crippen molar-refractivity contribution in [1.29, 1.82) is 0 Å². The van der Waals surface area contributed by atoms with Crippen molar-refractivity contribution in [3.05, 3.63) is 65.2 Å². The van der Waals surface area contributed by atoms with Crippen molar-refractivity contribution < 1.29 is 8.78 Å². The van der Waals surface area contributed by atoms with Crippen LogP contribution in [0.4, 0.5) is 8.78 Å². The minimum absolute atomic E-state index is 0.305. The summed E-state index contributed by atoms with van der Waals surface area (Å²) in [6.45, 7) is 0. The Balaban J connectivity index is 1.96. The summed E-state index contributed by atoms with van der Waals surface area (Å²) in [7, 11) is 0. The zero-order valence-electron chi connectivity index (χ0n) is 12.1. The van der Waals surface area contributed by atoms with E-state index >= 15 is 0 Å². The average molecular weight is 343 g/mol. The minimum Gasteiger partial charge on any atom is -0.275 e. The highest BCUT2D eigenvalue weighted by molar-refractivity contribution is 6.38. The SMILES string of the molecule is Fc1ccc(-c2[nH]nc3nnc(-c4ccccc4)c(Cl)c23)cc1F. The van der Waals surface area contributed by atoms with E-state index in [4.69, 9.17) is 11.6 Å². The molecule has 24 heavy (non-hydrogen) atoms. The van der Waals surface area contributed by atoms with Crippen LogP contribution in [-0.4, -0.2) is 20.4 Å². The molecule has 0 amide bonds. The van der Waals surface area contributed by atoms with Crippen LogP contribution in [0, 0.1) is 11.6 Å². The summed E-state index contributed by atoms with van der Waals surface area (Å²) in [5.74, 6) is -1.87. The normalized spacial score (nSPS) is 11.1. The second-order valence-corrected chi connectivity index (χ2v) is 5.53. The van der Waals surface area contributed by atoms with Gasteiger partial charge in [0.15, 0.2) is 11.6 Å². The maximum absolute atomic E-state index is 13.5. The molecule has 2 heterocycles. The lowest BCUT2D eigenvalue weighted by Crippen LogP contribution is -1.91. The highest BCUT2D eigenvalue weighted by Gasteiger charge is 2.18. The molecule has 0 saturated carbocycles. The lowest BCUT2D eigenvalue weighted by atomic mass is 10.1. The van der Waals surface area contributed by atoms with Crippen LogP contribution in [-0.2, 0) is 0 Å². The van der Waals surface area contributed by atoms with Crippen LogP contribution in [0.25, 0.3) is 33.5 Å². The topological polar surface area (TPSA) is 54.5 Å². The highest BCUT2D eigenvalue weighted by atomic mass is 35.5. The molecule has 0 bridgehead atoms. The summed E-state index contributed by atoms with van der Waals surface area (Å²) < 4.78 is 26.7. The molecule has 1 N–H and O–H groups in total. The number of halogens is 3. The Morgan fingerprint density at radius 3 is 2.42 bits per heavy atom.